The van der Waals surface area contributed by atoms with Crippen molar-refractivity contribution in [3.63, 3.8) is 0 Å². The first-order chi connectivity index (χ1) is 19.6. The van der Waals surface area contributed by atoms with Crippen molar-refractivity contribution < 1.29 is 27.9 Å². The van der Waals surface area contributed by atoms with Crippen LogP contribution in [-0.2, 0) is 11.5 Å². The van der Waals surface area contributed by atoms with E-state index in [1.54, 1.807) is 34.8 Å². The second kappa shape index (κ2) is 12.3. The number of amides is 2. The van der Waals surface area contributed by atoms with Crippen molar-refractivity contribution in [3.8, 4) is 17.2 Å². The Morgan fingerprint density at radius 2 is 1.76 bits per heavy atom. The lowest BCUT2D eigenvalue weighted by atomic mass is 10.1. The molecule has 2 heterocycles. The minimum absolute atomic E-state index is 0.0506. The molecule has 0 spiro atoms. The zero-order valence-corrected chi connectivity index (χ0v) is 26.7. The highest BCUT2D eigenvalue weighted by molar-refractivity contribution is 6.74. The second-order valence-corrected chi connectivity index (χ2v) is 17.1. The molecule has 0 radical (unpaired) electrons. The maximum absolute atomic E-state index is 15.1. The number of nitrogens with zero attached hydrogens (tertiary/aromatic N) is 3. The molecule has 42 heavy (non-hydrogen) atoms. The van der Waals surface area contributed by atoms with Gasteiger partial charge in [-0.25, -0.2) is 4.39 Å². The normalized spacial score (nSPS) is 14.3. The Balaban J connectivity index is 1.57. The van der Waals surface area contributed by atoms with E-state index in [0.29, 0.717) is 31.3 Å². The largest absolute Gasteiger partial charge is 0.488 e. The van der Waals surface area contributed by atoms with Gasteiger partial charge < -0.3 is 24.1 Å². The molecule has 2 aromatic carbocycles. The quantitative estimate of drug-likeness (QED) is 0.267. The zero-order chi connectivity index (χ0) is 30.8. The van der Waals surface area contributed by atoms with Gasteiger partial charge in [0.1, 0.15) is 17.6 Å². The predicted octanol–water partition coefficient (Wildman–Crippen LogP) is 6.55. The van der Waals surface area contributed by atoms with Gasteiger partial charge in [0.25, 0.3) is 11.8 Å². The molecule has 1 fully saturated rings. The third-order valence-corrected chi connectivity index (χ3v) is 12.4. The SMILES string of the molecule is Cc1cc(NC(=O)c2cc(Oc3ccc(C(=O)N4CCC4)cc3F)cc(O[C@@H](C)CO[Si](C)(C)C(C)(C)C)c2)nn1C. The number of rotatable bonds is 10. The van der Waals surface area contributed by atoms with Crippen LogP contribution < -0.4 is 14.8 Å². The summed E-state index contributed by atoms with van der Waals surface area (Å²) in [4.78, 5) is 27.4. The molecule has 1 atom stereocenters. The van der Waals surface area contributed by atoms with Gasteiger partial charge in [-0.05, 0) is 68.7 Å². The second-order valence-electron chi connectivity index (χ2n) is 12.3. The molecule has 11 heteroatoms. The molecule has 1 aromatic heterocycles. The van der Waals surface area contributed by atoms with E-state index in [1.165, 1.54) is 24.3 Å². The smallest absolute Gasteiger partial charge is 0.257 e. The molecule has 0 aliphatic carbocycles. The highest BCUT2D eigenvalue weighted by Gasteiger charge is 2.37. The number of hydrogen-bond acceptors (Lipinski definition) is 6. The van der Waals surface area contributed by atoms with E-state index in [9.17, 15) is 9.59 Å². The molecule has 1 aliphatic rings. The van der Waals surface area contributed by atoms with Gasteiger partial charge in [-0.3, -0.25) is 14.3 Å². The number of nitrogens with one attached hydrogen (secondary N) is 1. The maximum Gasteiger partial charge on any atom is 0.257 e. The van der Waals surface area contributed by atoms with Crippen molar-refractivity contribution in [2.45, 2.75) is 65.3 Å². The molecule has 1 saturated heterocycles. The summed E-state index contributed by atoms with van der Waals surface area (Å²) in [7, 11) is -0.206. The molecule has 4 rings (SSSR count). The monoisotopic (exact) mass is 596 g/mol. The summed E-state index contributed by atoms with van der Waals surface area (Å²) < 4.78 is 35.1. The highest BCUT2D eigenvalue weighted by Crippen LogP contribution is 2.37. The van der Waals surface area contributed by atoms with Crippen LogP contribution in [0.4, 0.5) is 10.2 Å². The summed E-state index contributed by atoms with van der Waals surface area (Å²) in [5.41, 5.74) is 1.39. The van der Waals surface area contributed by atoms with Gasteiger partial charge in [0, 0.05) is 49.1 Å². The van der Waals surface area contributed by atoms with Gasteiger partial charge in [-0.15, -0.1) is 0 Å². The van der Waals surface area contributed by atoms with Crippen molar-refractivity contribution in [2.24, 2.45) is 7.05 Å². The lowest BCUT2D eigenvalue weighted by Gasteiger charge is -2.36. The van der Waals surface area contributed by atoms with E-state index in [0.717, 1.165) is 12.1 Å². The number of aromatic nitrogens is 2. The Labute approximate surface area is 248 Å². The van der Waals surface area contributed by atoms with Crippen LogP contribution in [0.2, 0.25) is 18.1 Å². The third-order valence-electron chi connectivity index (χ3n) is 7.87. The number of hydrogen-bond donors (Lipinski definition) is 1. The summed E-state index contributed by atoms with van der Waals surface area (Å²) in [5, 5.41) is 7.13. The molecule has 3 aromatic rings. The molecule has 2 amide bonds. The molecule has 226 valence electrons. The molecule has 1 N–H and O–H groups in total. The van der Waals surface area contributed by atoms with Crippen molar-refractivity contribution >= 4 is 25.9 Å². The first kappa shape index (κ1) is 31.2. The summed E-state index contributed by atoms with van der Waals surface area (Å²) >= 11 is 0. The molecular formula is C31H41FN4O5Si. The van der Waals surface area contributed by atoms with Crippen LogP contribution in [0.5, 0.6) is 17.2 Å². The van der Waals surface area contributed by atoms with Crippen LogP contribution in [-0.4, -0.2) is 60.6 Å². The summed E-state index contributed by atoms with van der Waals surface area (Å²) in [6, 6.07) is 10.6. The summed E-state index contributed by atoms with van der Waals surface area (Å²) in [5.74, 6) is -0.422. The maximum atomic E-state index is 15.1. The Kier molecular flexibility index (Phi) is 9.12. The first-order valence-electron chi connectivity index (χ1n) is 14.2. The molecule has 0 bridgehead atoms. The number of carbonyl (C=O) groups excluding carboxylic acids is 2. The van der Waals surface area contributed by atoms with Gasteiger partial charge in [0.05, 0.1) is 6.61 Å². The minimum Gasteiger partial charge on any atom is -0.488 e. The van der Waals surface area contributed by atoms with Gasteiger partial charge in [0.15, 0.2) is 25.7 Å². The molecule has 0 unspecified atom stereocenters. The highest BCUT2D eigenvalue weighted by atomic mass is 28.4. The lowest BCUT2D eigenvalue weighted by molar-refractivity contribution is 0.0651. The van der Waals surface area contributed by atoms with Gasteiger partial charge in [-0.2, -0.15) is 5.10 Å². The fraction of sp³-hybridized carbons (Fsp3) is 0.452. The van der Waals surface area contributed by atoms with Crippen LogP contribution in [0.1, 0.15) is 60.5 Å². The van der Waals surface area contributed by atoms with Crippen LogP contribution >= 0.6 is 0 Å². The predicted molar refractivity (Wildman–Crippen MR) is 163 cm³/mol. The van der Waals surface area contributed by atoms with Gasteiger partial charge >= 0.3 is 0 Å². The number of likely N-dealkylation sites (tertiary alicyclic amines) is 1. The van der Waals surface area contributed by atoms with Crippen molar-refractivity contribution in [2.75, 3.05) is 25.0 Å². The third kappa shape index (κ3) is 7.38. The first-order valence-corrected chi connectivity index (χ1v) is 17.1. The lowest BCUT2D eigenvalue weighted by Crippen LogP contribution is -2.43. The Morgan fingerprint density at radius 1 is 1.07 bits per heavy atom. The Morgan fingerprint density at radius 3 is 2.33 bits per heavy atom. The fourth-order valence-electron chi connectivity index (χ4n) is 3.99. The van der Waals surface area contributed by atoms with E-state index in [4.69, 9.17) is 13.9 Å². The van der Waals surface area contributed by atoms with Crippen LogP contribution in [0.15, 0.2) is 42.5 Å². The molecular weight excluding hydrogens is 555 g/mol. The van der Waals surface area contributed by atoms with Crippen LogP contribution in [0.3, 0.4) is 0 Å². The average molecular weight is 597 g/mol. The summed E-state index contributed by atoms with van der Waals surface area (Å²) in [6.45, 7) is 16.4. The zero-order valence-electron chi connectivity index (χ0n) is 25.7. The van der Waals surface area contributed by atoms with Crippen LogP contribution in [0.25, 0.3) is 0 Å². The Bertz CT molecular complexity index is 1440. The standard InChI is InChI=1S/C31H41FN4O5Si/c1-20-14-28(34-35(20)6)33-29(37)23-15-24(40-21(2)19-39-42(7,8)31(3,4)5)18-25(16-23)41-27-11-10-22(17-26(27)32)30(38)36-12-9-13-36/h10-11,14-18,21H,9,12-13,19H2,1-8H3,(H,33,34,37)/t21-/m0/s1. The molecule has 1 aliphatic heterocycles. The van der Waals surface area contributed by atoms with E-state index < -0.39 is 20.0 Å². The van der Waals surface area contributed by atoms with Crippen molar-refractivity contribution in [1.29, 1.82) is 0 Å². The Hall–Kier alpha value is -3.70. The van der Waals surface area contributed by atoms with E-state index >= 15 is 4.39 Å². The number of benzene rings is 2. The number of aryl methyl sites for hydroxylation is 2. The number of carbonyl (C=O) groups is 2. The van der Waals surface area contributed by atoms with E-state index in [1.807, 2.05) is 13.8 Å². The average Bonchev–Trinajstić information content (AvgIpc) is 3.18. The van der Waals surface area contributed by atoms with Gasteiger partial charge in [-0.1, -0.05) is 20.8 Å². The van der Waals surface area contributed by atoms with Crippen molar-refractivity contribution in [1.82, 2.24) is 14.7 Å². The number of ether oxygens (including phenoxy) is 2. The number of halogens is 1. The molecule has 0 saturated carbocycles. The van der Waals surface area contributed by atoms with Crippen LogP contribution in [0, 0.1) is 12.7 Å². The van der Waals surface area contributed by atoms with E-state index in [-0.39, 0.29) is 39.7 Å². The minimum atomic E-state index is -1.99. The molecule has 9 nitrogen and oxygen atoms in total. The topological polar surface area (TPSA) is 94.9 Å². The van der Waals surface area contributed by atoms with Gasteiger partial charge in [0.2, 0.25) is 0 Å². The van der Waals surface area contributed by atoms with Crippen molar-refractivity contribution in [3.05, 3.63) is 65.1 Å². The number of anilines is 1. The van der Waals surface area contributed by atoms with E-state index in [2.05, 4.69) is 44.3 Å². The summed E-state index contributed by atoms with van der Waals surface area (Å²) in [6.07, 6.45) is 0.623. The fourth-order valence-corrected chi connectivity index (χ4v) is 5.08.